The molecule has 0 fully saturated rings. The molecule has 0 bridgehead atoms. The van der Waals surface area contributed by atoms with Gasteiger partial charge in [0.15, 0.2) is 17.3 Å². The van der Waals surface area contributed by atoms with Crippen molar-refractivity contribution in [1.82, 2.24) is 15.0 Å². The summed E-state index contributed by atoms with van der Waals surface area (Å²) in [6.07, 6.45) is 1.08. The molecule has 0 atom stereocenters. The number of anilines is 1. The summed E-state index contributed by atoms with van der Waals surface area (Å²) in [5.41, 5.74) is -0.224. The molecule has 2 rings (SSSR count). The average molecular weight is 282 g/mol. The molecule has 0 radical (unpaired) electrons. The number of carboxylic acids is 1. The van der Waals surface area contributed by atoms with E-state index in [9.17, 15) is 18.4 Å². The SMILES string of the molecule is O=C(Cn1cc(C(=O)O)nn1)Nc1ccc(F)c(F)c1. The molecule has 9 heteroatoms. The van der Waals surface area contributed by atoms with Crippen molar-refractivity contribution < 1.29 is 23.5 Å². The van der Waals surface area contributed by atoms with Gasteiger partial charge in [0.1, 0.15) is 6.54 Å². The van der Waals surface area contributed by atoms with Gasteiger partial charge in [-0.05, 0) is 12.1 Å². The predicted molar refractivity (Wildman–Crippen MR) is 62.0 cm³/mol. The number of benzene rings is 1. The lowest BCUT2D eigenvalue weighted by Crippen LogP contribution is -2.19. The first-order valence-electron chi connectivity index (χ1n) is 5.34. The van der Waals surface area contributed by atoms with Crippen LogP contribution < -0.4 is 5.32 Å². The van der Waals surface area contributed by atoms with Crippen LogP contribution in [0.4, 0.5) is 14.5 Å². The van der Waals surface area contributed by atoms with E-state index < -0.39 is 23.5 Å². The van der Waals surface area contributed by atoms with Crippen LogP contribution in [0.2, 0.25) is 0 Å². The standard InChI is InChI=1S/C11H8F2N4O3/c12-7-2-1-6(3-8(7)13)14-10(18)5-17-4-9(11(19)20)15-16-17/h1-4H,5H2,(H,14,18)(H,19,20). The Hall–Kier alpha value is -2.84. The lowest BCUT2D eigenvalue weighted by Gasteiger charge is -2.05. The lowest BCUT2D eigenvalue weighted by atomic mass is 10.3. The number of aromatic carboxylic acids is 1. The fourth-order valence-electron chi connectivity index (χ4n) is 1.40. The molecular formula is C11H8F2N4O3. The molecule has 2 N–H and O–H groups in total. The first-order chi connectivity index (χ1) is 9.45. The Bertz CT molecular complexity index is 671. The Kier molecular flexibility index (Phi) is 3.69. The highest BCUT2D eigenvalue weighted by atomic mass is 19.2. The smallest absolute Gasteiger partial charge is 0.358 e. The van der Waals surface area contributed by atoms with Gasteiger partial charge in [0.05, 0.1) is 6.20 Å². The van der Waals surface area contributed by atoms with E-state index in [1.807, 2.05) is 0 Å². The van der Waals surface area contributed by atoms with Gasteiger partial charge in [-0.3, -0.25) is 4.79 Å². The largest absolute Gasteiger partial charge is 0.476 e. The number of hydrogen-bond acceptors (Lipinski definition) is 4. The molecule has 0 saturated carbocycles. The number of halogens is 2. The van der Waals surface area contributed by atoms with Crippen LogP contribution in [0.1, 0.15) is 10.5 Å². The summed E-state index contributed by atoms with van der Waals surface area (Å²) in [7, 11) is 0. The van der Waals surface area contributed by atoms with Crippen molar-refractivity contribution in [1.29, 1.82) is 0 Å². The number of carbonyl (C=O) groups is 2. The Balaban J connectivity index is 2.01. The normalized spacial score (nSPS) is 10.3. The first-order valence-corrected chi connectivity index (χ1v) is 5.34. The van der Waals surface area contributed by atoms with E-state index in [1.54, 1.807) is 0 Å². The fraction of sp³-hybridized carbons (Fsp3) is 0.0909. The van der Waals surface area contributed by atoms with Crippen LogP contribution in [-0.2, 0) is 11.3 Å². The van der Waals surface area contributed by atoms with Crippen molar-refractivity contribution in [3.05, 3.63) is 41.7 Å². The number of aromatic nitrogens is 3. The molecule has 0 aliphatic heterocycles. The number of nitrogens with zero attached hydrogens (tertiary/aromatic N) is 3. The third-order valence-electron chi connectivity index (χ3n) is 2.27. The molecule has 0 unspecified atom stereocenters. The predicted octanol–water partition coefficient (Wildman–Crippen LogP) is 0.893. The number of hydrogen-bond donors (Lipinski definition) is 2. The maximum absolute atomic E-state index is 12.9. The first kappa shape index (κ1) is 13.6. The van der Waals surface area contributed by atoms with Crippen LogP contribution in [0.25, 0.3) is 0 Å². The topological polar surface area (TPSA) is 97.1 Å². The molecule has 0 aliphatic carbocycles. The van der Waals surface area contributed by atoms with Gasteiger partial charge in [0.25, 0.3) is 0 Å². The molecule has 2 aromatic rings. The zero-order valence-corrected chi connectivity index (χ0v) is 9.88. The molecular weight excluding hydrogens is 274 g/mol. The summed E-state index contributed by atoms with van der Waals surface area (Å²) in [6, 6.07) is 2.90. The highest BCUT2D eigenvalue weighted by molar-refractivity contribution is 5.90. The number of nitrogens with one attached hydrogen (secondary N) is 1. The van der Waals surface area contributed by atoms with Gasteiger partial charge in [0.2, 0.25) is 5.91 Å². The van der Waals surface area contributed by atoms with Gasteiger partial charge in [-0.25, -0.2) is 18.3 Å². The van der Waals surface area contributed by atoms with Crippen molar-refractivity contribution in [2.45, 2.75) is 6.54 Å². The minimum Gasteiger partial charge on any atom is -0.476 e. The van der Waals surface area contributed by atoms with Crippen molar-refractivity contribution in [3.63, 3.8) is 0 Å². The van der Waals surface area contributed by atoms with E-state index >= 15 is 0 Å². The Morgan fingerprint density at radius 3 is 2.65 bits per heavy atom. The van der Waals surface area contributed by atoms with Crippen LogP contribution >= 0.6 is 0 Å². The van der Waals surface area contributed by atoms with Crippen molar-refractivity contribution in [3.8, 4) is 0 Å². The third-order valence-corrected chi connectivity index (χ3v) is 2.27. The van der Waals surface area contributed by atoms with Crippen LogP contribution in [0.3, 0.4) is 0 Å². The molecule has 1 aromatic heterocycles. The van der Waals surface area contributed by atoms with Gasteiger partial charge in [-0.1, -0.05) is 5.21 Å². The van der Waals surface area contributed by atoms with Crippen LogP contribution in [0, 0.1) is 11.6 Å². The van der Waals surface area contributed by atoms with E-state index in [2.05, 4.69) is 15.6 Å². The fourth-order valence-corrected chi connectivity index (χ4v) is 1.40. The second kappa shape index (κ2) is 5.43. The number of carboxylic acid groups (broad SMARTS) is 1. The molecule has 7 nitrogen and oxygen atoms in total. The third kappa shape index (κ3) is 3.13. The molecule has 1 amide bonds. The summed E-state index contributed by atoms with van der Waals surface area (Å²) in [6.45, 7) is -0.306. The highest BCUT2D eigenvalue weighted by Crippen LogP contribution is 2.13. The zero-order chi connectivity index (χ0) is 14.7. The minimum atomic E-state index is -1.27. The monoisotopic (exact) mass is 282 g/mol. The van der Waals surface area contributed by atoms with E-state index in [1.165, 1.54) is 6.07 Å². The van der Waals surface area contributed by atoms with Gasteiger partial charge in [0, 0.05) is 11.8 Å². The molecule has 1 heterocycles. The molecule has 1 aromatic carbocycles. The van der Waals surface area contributed by atoms with E-state index in [0.29, 0.717) is 0 Å². The zero-order valence-electron chi connectivity index (χ0n) is 9.88. The Labute approximate surface area is 110 Å². The van der Waals surface area contributed by atoms with E-state index in [4.69, 9.17) is 5.11 Å². The van der Waals surface area contributed by atoms with Crippen LogP contribution in [0.5, 0.6) is 0 Å². The number of amides is 1. The summed E-state index contributed by atoms with van der Waals surface area (Å²) >= 11 is 0. The van der Waals surface area contributed by atoms with Crippen LogP contribution in [0.15, 0.2) is 24.4 Å². The molecule has 0 spiro atoms. The lowest BCUT2D eigenvalue weighted by molar-refractivity contribution is -0.116. The Morgan fingerprint density at radius 1 is 1.30 bits per heavy atom. The molecule has 20 heavy (non-hydrogen) atoms. The summed E-state index contributed by atoms with van der Waals surface area (Å²) in [5, 5.41) is 17.7. The van der Waals surface area contributed by atoms with Crippen molar-refractivity contribution in [2.24, 2.45) is 0 Å². The average Bonchev–Trinajstić information content (AvgIpc) is 2.82. The van der Waals surface area contributed by atoms with Crippen molar-refractivity contribution in [2.75, 3.05) is 5.32 Å². The molecule has 0 aliphatic rings. The Morgan fingerprint density at radius 2 is 2.05 bits per heavy atom. The maximum atomic E-state index is 12.9. The highest BCUT2D eigenvalue weighted by Gasteiger charge is 2.11. The molecule has 104 valence electrons. The second-order valence-corrected chi connectivity index (χ2v) is 3.78. The number of carbonyl (C=O) groups excluding carboxylic acids is 1. The minimum absolute atomic E-state index is 0.0764. The summed E-state index contributed by atoms with van der Waals surface area (Å²) in [5.74, 6) is -3.96. The van der Waals surface area contributed by atoms with Gasteiger partial charge >= 0.3 is 5.97 Å². The van der Waals surface area contributed by atoms with Crippen molar-refractivity contribution >= 4 is 17.6 Å². The van der Waals surface area contributed by atoms with Crippen LogP contribution in [-0.4, -0.2) is 32.0 Å². The summed E-state index contributed by atoms with van der Waals surface area (Å²) < 4.78 is 26.6. The molecule has 0 saturated heterocycles. The summed E-state index contributed by atoms with van der Waals surface area (Å²) in [4.78, 5) is 22.2. The van der Waals surface area contributed by atoms with Gasteiger partial charge < -0.3 is 10.4 Å². The van der Waals surface area contributed by atoms with E-state index in [0.717, 1.165) is 23.0 Å². The number of rotatable bonds is 4. The van der Waals surface area contributed by atoms with E-state index in [-0.39, 0.29) is 17.9 Å². The van der Waals surface area contributed by atoms with Gasteiger partial charge in [-0.2, -0.15) is 0 Å². The maximum Gasteiger partial charge on any atom is 0.358 e. The quantitative estimate of drug-likeness (QED) is 0.868. The second-order valence-electron chi connectivity index (χ2n) is 3.78. The van der Waals surface area contributed by atoms with Gasteiger partial charge in [-0.15, -0.1) is 5.10 Å².